The molecule has 1 aromatic heterocycles. The van der Waals surface area contributed by atoms with Crippen molar-refractivity contribution in [2.45, 2.75) is 31.8 Å². The number of H-pyrrole nitrogens is 1. The van der Waals surface area contributed by atoms with Crippen LogP contribution in [0.4, 0.5) is 4.79 Å². The quantitative estimate of drug-likeness (QED) is 0.515. The molecule has 2 saturated heterocycles. The highest BCUT2D eigenvalue weighted by atomic mass is 32.2. The lowest BCUT2D eigenvalue weighted by Crippen LogP contribution is -2.36. The molecular formula is C25H25N3O3S. The maximum absolute atomic E-state index is 11.7. The van der Waals surface area contributed by atoms with E-state index in [2.05, 4.69) is 52.6 Å². The summed E-state index contributed by atoms with van der Waals surface area (Å²) < 4.78 is 6.13. The second kappa shape index (κ2) is 8.84. The first-order chi connectivity index (χ1) is 15.6. The first-order valence-corrected chi connectivity index (χ1v) is 11.7. The Kier molecular flexibility index (Phi) is 5.76. The van der Waals surface area contributed by atoms with E-state index >= 15 is 0 Å². The molecule has 3 aromatic rings. The van der Waals surface area contributed by atoms with Crippen molar-refractivity contribution in [2.24, 2.45) is 0 Å². The van der Waals surface area contributed by atoms with Gasteiger partial charge in [0.05, 0.1) is 4.91 Å². The Balaban J connectivity index is 1.23. The van der Waals surface area contributed by atoms with E-state index in [4.69, 9.17) is 4.74 Å². The van der Waals surface area contributed by atoms with Crippen molar-refractivity contribution >= 4 is 39.9 Å². The largest absolute Gasteiger partial charge is 0.492 e. The van der Waals surface area contributed by atoms with Crippen LogP contribution in [-0.2, 0) is 4.79 Å². The molecule has 2 amide bonds. The number of carbonyl (C=O) groups excluding carboxylic acids is 2. The number of ether oxygens (including phenoxy) is 1. The third kappa shape index (κ3) is 4.18. The summed E-state index contributed by atoms with van der Waals surface area (Å²) in [5.74, 6) is 0.462. The van der Waals surface area contributed by atoms with E-state index in [0.717, 1.165) is 36.0 Å². The van der Waals surface area contributed by atoms with Gasteiger partial charge in [-0.1, -0.05) is 30.3 Å². The molecule has 3 heterocycles. The molecule has 2 fully saturated rings. The number of nitrogens with zero attached hydrogens (tertiary/aromatic N) is 1. The number of thioether (sulfide) groups is 1. The van der Waals surface area contributed by atoms with Gasteiger partial charge in [-0.05, 0) is 73.5 Å². The molecule has 6 nitrogen and oxygen atoms in total. The predicted octanol–water partition coefficient (Wildman–Crippen LogP) is 5.10. The normalized spacial score (nSPS) is 21.4. The Morgan fingerprint density at radius 1 is 1.19 bits per heavy atom. The van der Waals surface area contributed by atoms with Gasteiger partial charge in [0.2, 0.25) is 0 Å². The van der Waals surface area contributed by atoms with Crippen LogP contribution in [0, 0.1) is 0 Å². The number of fused-ring (bicyclic) bond motifs is 1. The smallest absolute Gasteiger partial charge is 0.290 e. The maximum atomic E-state index is 11.7. The summed E-state index contributed by atoms with van der Waals surface area (Å²) >= 11 is 0.925. The lowest BCUT2D eigenvalue weighted by Gasteiger charge is -2.30. The van der Waals surface area contributed by atoms with Gasteiger partial charge in [0.25, 0.3) is 11.1 Å². The fourth-order valence-corrected chi connectivity index (χ4v) is 5.27. The van der Waals surface area contributed by atoms with Crippen molar-refractivity contribution in [1.82, 2.24) is 15.2 Å². The van der Waals surface area contributed by atoms with Crippen molar-refractivity contribution in [3.8, 4) is 5.75 Å². The average molecular weight is 448 g/mol. The number of imide groups is 1. The molecule has 0 saturated carbocycles. The van der Waals surface area contributed by atoms with E-state index in [0.29, 0.717) is 23.6 Å². The maximum Gasteiger partial charge on any atom is 0.290 e. The number of hydrogen-bond acceptors (Lipinski definition) is 5. The van der Waals surface area contributed by atoms with E-state index < -0.39 is 0 Å². The van der Waals surface area contributed by atoms with Gasteiger partial charge >= 0.3 is 0 Å². The van der Waals surface area contributed by atoms with Gasteiger partial charge in [0.15, 0.2) is 0 Å². The number of likely N-dealkylation sites (tertiary alicyclic amines) is 1. The molecule has 2 aromatic carbocycles. The zero-order valence-corrected chi connectivity index (χ0v) is 18.7. The van der Waals surface area contributed by atoms with Crippen molar-refractivity contribution < 1.29 is 14.3 Å². The fraction of sp³-hybridized carbons (Fsp3) is 0.280. The van der Waals surface area contributed by atoms with Gasteiger partial charge in [0, 0.05) is 29.2 Å². The van der Waals surface area contributed by atoms with Crippen LogP contribution in [0.5, 0.6) is 5.75 Å². The number of para-hydroxylation sites is 1. The molecule has 0 spiro atoms. The van der Waals surface area contributed by atoms with Crippen molar-refractivity contribution in [1.29, 1.82) is 0 Å². The second-order valence-corrected chi connectivity index (χ2v) is 9.25. The minimum absolute atomic E-state index is 0.314. The summed E-state index contributed by atoms with van der Waals surface area (Å²) in [5.41, 5.74) is 3.37. The Hall–Kier alpha value is -3.03. The SMILES string of the molecule is CC(c1c[nH]c2ccccc12)N1CCC[C@H]1COc1ccc(C=C2SC(=O)NC2=O)cc1. The van der Waals surface area contributed by atoms with Crippen molar-refractivity contribution in [3.05, 3.63) is 70.8 Å². The molecule has 164 valence electrons. The van der Waals surface area contributed by atoms with Crippen LogP contribution >= 0.6 is 11.8 Å². The molecule has 7 heteroatoms. The Morgan fingerprint density at radius 3 is 2.78 bits per heavy atom. The van der Waals surface area contributed by atoms with Crippen molar-refractivity contribution in [2.75, 3.05) is 13.2 Å². The van der Waals surface area contributed by atoms with Crippen LogP contribution in [0.2, 0.25) is 0 Å². The number of benzene rings is 2. The number of aromatic amines is 1. The van der Waals surface area contributed by atoms with Crippen LogP contribution in [-0.4, -0.2) is 40.2 Å². The topological polar surface area (TPSA) is 74.4 Å². The van der Waals surface area contributed by atoms with Crippen molar-refractivity contribution in [3.63, 3.8) is 0 Å². The molecule has 0 bridgehead atoms. The monoisotopic (exact) mass is 447 g/mol. The average Bonchev–Trinajstić information content (AvgIpc) is 3.51. The number of hydrogen-bond donors (Lipinski definition) is 2. The number of nitrogens with one attached hydrogen (secondary N) is 2. The standard InChI is InChI=1S/C25H25N3O3S/c1-16(21-14-26-22-7-3-2-6-20(21)22)28-12-4-5-18(28)15-31-19-10-8-17(9-11-19)13-23-24(29)27-25(30)32-23/h2-3,6-11,13-14,16,18,26H,4-5,12,15H2,1H3,(H,27,29,30)/t16?,18-/m0/s1. The predicted molar refractivity (Wildman–Crippen MR) is 127 cm³/mol. The molecule has 1 unspecified atom stereocenters. The molecule has 32 heavy (non-hydrogen) atoms. The number of aromatic nitrogens is 1. The lowest BCUT2D eigenvalue weighted by molar-refractivity contribution is -0.115. The highest BCUT2D eigenvalue weighted by Crippen LogP contribution is 2.33. The van der Waals surface area contributed by atoms with Crippen LogP contribution in [0.15, 0.2) is 59.6 Å². The summed E-state index contributed by atoms with van der Waals surface area (Å²) in [5, 5.41) is 3.22. The number of amides is 2. The van der Waals surface area contributed by atoms with E-state index in [9.17, 15) is 9.59 Å². The minimum atomic E-state index is -0.342. The Bertz CT molecular complexity index is 1180. The fourth-order valence-electron chi connectivity index (χ4n) is 4.59. The third-order valence-corrected chi connectivity index (χ3v) is 7.06. The number of rotatable bonds is 6. The molecule has 0 aliphatic carbocycles. The molecule has 2 aliphatic heterocycles. The summed E-state index contributed by atoms with van der Waals surface area (Å²) in [4.78, 5) is 29.3. The van der Waals surface area contributed by atoms with Gasteiger partial charge in [-0.25, -0.2) is 0 Å². The first-order valence-electron chi connectivity index (χ1n) is 10.9. The lowest BCUT2D eigenvalue weighted by atomic mass is 10.0. The Labute approximate surface area is 191 Å². The molecule has 2 aliphatic rings. The minimum Gasteiger partial charge on any atom is -0.492 e. The van der Waals surface area contributed by atoms with Gasteiger partial charge in [-0.3, -0.25) is 19.8 Å². The molecule has 0 radical (unpaired) electrons. The summed E-state index contributed by atoms with van der Waals surface area (Å²) in [7, 11) is 0. The van der Waals surface area contributed by atoms with E-state index in [-0.39, 0.29) is 11.1 Å². The van der Waals surface area contributed by atoms with E-state index in [1.807, 2.05) is 24.3 Å². The molecule has 5 rings (SSSR count). The van der Waals surface area contributed by atoms with Gasteiger partial charge < -0.3 is 9.72 Å². The summed E-state index contributed by atoms with van der Waals surface area (Å²) in [6.45, 7) is 3.98. The van der Waals surface area contributed by atoms with Crippen LogP contribution in [0.1, 0.15) is 36.9 Å². The zero-order chi connectivity index (χ0) is 22.1. The zero-order valence-electron chi connectivity index (χ0n) is 17.8. The number of carbonyl (C=O) groups is 2. The molecule has 2 N–H and O–H groups in total. The van der Waals surface area contributed by atoms with Crippen LogP contribution in [0.25, 0.3) is 17.0 Å². The van der Waals surface area contributed by atoms with Gasteiger partial charge in [-0.2, -0.15) is 0 Å². The molecular weight excluding hydrogens is 422 g/mol. The highest BCUT2D eigenvalue weighted by Gasteiger charge is 2.31. The Morgan fingerprint density at radius 2 is 2.00 bits per heavy atom. The second-order valence-electron chi connectivity index (χ2n) is 8.23. The molecule has 2 atom stereocenters. The van der Waals surface area contributed by atoms with Crippen LogP contribution in [0.3, 0.4) is 0 Å². The van der Waals surface area contributed by atoms with Gasteiger partial charge in [-0.15, -0.1) is 0 Å². The highest BCUT2D eigenvalue weighted by molar-refractivity contribution is 8.18. The summed E-state index contributed by atoms with van der Waals surface area (Å²) in [6.07, 6.45) is 6.15. The summed E-state index contributed by atoms with van der Waals surface area (Å²) in [6, 6.07) is 16.8. The van der Waals surface area contributed by atoms with Crippen LogP contribution < -0.4 is 10.1 Å². The third-order valence-electron chi connectivity index (χ3n) is 6.25. The van der Waals surface area contributed by atoms with Gasteiger partial charge in [0.1, 0.15) is 12.4 Å². The first kappa shape index (κ1) is 20.8. The van der Waals surface area contributed by atoms with E-state index in [1.54, 1.807) is 6.08 Å². The van der Waals surface area contributed by atoms with E-state index in [1.165, 1.54) is 22.9 Å².